The van der Waals surface area contributed by atoms with E-state index in [1.54, 1.807) is 7.11 Å². The standard InChI is InChI=1S/C18H16NO.C6H15NSi.Ti/c1-20-14-10-11-16-15-8-5-9-17(15)19(18(16)12-14)13-6-3-2-4-7-13;1-6(2,3)7-8(4)5;/h2-7,10-12H,8-9H2,1H3;1-5H3;/q2*-1;+2. The van der Waals surface area contributed by atoms with Gasteiger partial charge in [0.05, 0.1) is 12.6 Å². The zero-order chi connectivity index (χ0) is 20.3. The molecule has 0 fully saturated rings. The third-order valence-electron chi connectivity index (χ3n) is 4.65. The van der Waals surface area contributed by atoms with Crippen molar-refractivity contribution in [2.75, 3.05) is 7.11 Å². The summed E-state index contributed by atoms with van der Waals surface area (Å²) < 4.78 is 7.76. The Morgan fingerprint density at radius 3 is 2.28 bits per heavy atom. The molecule has 0 N–H and O–H groups in total. The van der Waals surface area contributed by atoms with Gasteiger partial charge in [0.2, 0.25) is 0 Å². The van der Waals surface area contributed by atoms with Gasteiger partial charge < -0.3 is 20.7 Å². The smallest absolute Gasteiger partial charge is 0.663 e. The van der Waals surface area contributed by atoms with Crippen LogP contribution in [-0.4, -0.2) is 26.2 Å². The van der Waals surface area contributed by atoms with Crippen LogP contribution in [-0.2, 0) is 34.6 Å². The average Bonchev–Trinajstić information content (AvgIpc) is 3.20. The van der Waals surface area contributed by atoms with Gasteiger partial charge in [-0.3, -0.25) is 0 Å². The fraction of sp³-hybridized carbons (Fsp3) is 0.375. The van der Waals surface area contributed by atoms with Crippen LogP contribution in [0.1, 0.15) is 32.0 Å². The van der Waals surface area contributed by atoms with Gasteiger partial charge >= 0.3 is 21.7 Å². The molecule has 29 heavy (non-hydrogen) atoms. The number of hydrogen-bond acceptors (Lipinski definition) is 1. The van der Waals surface area contributed by atoms with Gasteiger partial charge in [0.15, 0.2) is 0 Å². The quantitative estimate of drug-likeness (QED) is 0.345. The van der Waals surface area contributed by atoms with Gasteiger partial charge in [-0.25, -0.2) is 0 Å². The van der Waals surface area contributed by atoms with Crippen molar-refractivity contribution in [2.45, 2.75) is 52.2 Å². The van der Waals surface area contributed by atoms with E-state index in [1.165, 1.54) is 27.8 Å². The van der Waals surface area contributed by atoms with Gasteiger partial charge in [0.1, 0.15) is 5.75 Å². The summed E-state index contributed by atoms with van der Waals surface area (Å²) in [5.74, 6) is 0.912. The number of rotatable bonds is 3. The van der Waals surface area contributed by atoms with E-state index >= 15 is 0 Å². The molecule has 0 atom stereocenters. The van der Waals surface area contributed by atoms with Crippen molar-refractivity contribution in [1.82, 2.24) is 4.57 Å². The molecule has 4 rings (SSSR count). The molecule has 2 aromatic carbocycles. The Morgan fingerprint density at radius 1 is 1.03 bits per heavy atom. The summed E-state index contributed by atoms with van der Waals surface area (Å²) in [6.07, 6.45) is 4.47. The molecule has 0 unspecified atom stereocenters. The number of hydrogen-bond donors (Lipinski definition) is 0. The molecule has 0 spiro atoms. The maximum absolute atomic E-state index is 5.39. The van der Waals surface area contributed by atoms with E-state index in [9.17, 15) is 0 Å². The van der Waals surface area contributed by atoms with E-state index < -0.39 is 0 Å². The summed E-state index contributed by atoms with van der Waals surface area (Å²) in [6, 6.07) is 16.9. The molecule has 3 nitrogen and oxygen atoms in total. The van der Waals surface area contributed by atoms with Crippen molar-refractivity contribution in [3.63, 3.8) is 0 Å². The van der Waals surface area contributed by atoms with Crippen LogP contribution in [0.2, 0.25) is 13.1 Å². The number of fused-ring (bicyclic) bond motifs is 3. The third kappa shape index (κ3) is 5.85. The Morgan fingerprint density at radius 2 is 1.72 bits per heavy atom. The molecule has 0 bridgehead atoms. The van der Waals surface area contributed by atoms with E-state index in [0.29, 0.717) is 0 Å². The summed E-state index contributed by atoms with van der Waals surface area (Å²) in [5.41, 5.74) is 5.54. The molecule has 1 aromatic heterocycles. The molecule has 0 amide bonds. The third-order valence-corrected chi connectivity index (χ3v) is 5.77. The van der Waals surface area contributed by atoms with Crippen LogP contribution in [0, 0.1) is 6.42 Å². The summed E-state index contributed by atoms with van der Waals surface area (Å²) in [6.45, 7) is 10.8. The predicted molar refractivity (Wildman–Crippen MR) is 122 cm³/mol. The summed E-state index contributed by atoms with van der Waals surface area (Å²) >= 11 is 0. The minimum absolute atomic E-state index is 0. The summed E-state index contributed by atoms with van der Waals surface area (Å²) in [7, 11) is 1.35. The van der Waals surface area contributed by atoms with E-state index in [1.807, 2.05) is 0 Å². The first-order valence-electron chi connectivity index (χ1n) is 9.90. The summed E-state index contributed by atoms with van der Waals surface area (Å²) in [5, 5.41) is 1.35. The molecule has 151 valence electrons. The first kappa shape index (κ1) is 23.9. The zero-order valence-electron chi connectivity index (χ0n) is 18.4. The number of para-hydroxylation sites is 1. The second-order valence-corrected chi connectivity index (χ2v) is 10.5. The molecule has 3 aromatic rings. The van der Waals surface area contributed by atoms with Crippen LogP contribution in [0.5, 0.6) is 5.75 Å². The molecule has 5 heteroatoms. The number of methoxy groups -OCH3 is 1. The molecule has 1 aliphatic carbocycles. The van der Waals surface area contributed by atoms with Crippen LogP contribution in [0.3, 0.4) is 0 Å². The molecule has 0 aliphatic heterocycles. The second kappa shape index (κ2) is 10.1. The first-order valence-corrected chi connectivity index (χ1v) is 12.3. The molecule has 0 saturated heterocycles. The minimum atomic E-state index is -0.367. The minimum Gasteiger partial charge on any atom is -0.663 e. The Hall–Kier alpha value is -1.33. The number of nitrogens with zero attached hydrogens (tertiary/aromatic N) is 2. The molecular formula is C24H31N2OSiTi. The van der Waals surface area contributed by atoms with Crippen LogP contribution < -0.4 is 4.74 Å². The molecular weight excluding hydrogens is 408 g/mol. The number of aromatic nitrogens is 1. The van der Waals surface area contributed by atoms with Crippen molar-refractivity contribution in [3.8, 4) is 11.4 Å². The van der Waals surface area contributed by atoms with Crippen LogP contribution in [0.15, 0.2) is 48.5 Å². The van der Waals surface area contributed by atoms with Gasteiger partial charge in [-0.15, -0.1) is 12.0 Å². The van der Waals surface area contributed by atoms with E-state index in [0.717, 1.165) is 18.6 Å². The predicted octanol–water partition coefficient (Wildman–Crippen LogP) is 6.35. The average molecular weight is 439 g/mol. The van der Waals surface area contributed by atoms with E-state index in [2.05, 4.69) is 98.4 Å². The monoisotopic (exact) mass is 439 g/mol. The Balaban J connectivity index is 0.000000289. The van der Waals surface area contributed by atoms with Gasteiger partial charge in [-0.1, -0.05) is 66.6 Å². The largest absolute Gasteiger partial charge is 2.00 e. The van der Waals surface area contributed by atoms with Crippen molar-refractivity contribution in [2.24, 2.45) is 0 Å². The second-order valence-electron chi connectivity index (χ2n) is 8.41. The fourth-order valence-electron chi connectivity index (χ4n) is 3.85. The zero-order valence-corrected chi connectivity index (χ0v) is 21.0. The number of ether oxygens (including phenoxy) is 1. The van der Waals surface area contributed by atoms with Gasteiger partial charge in [0.25, 0.3) is 0 Å². The molecule has 1 radical (unpaired) electrons. The van der Waals surface area contributed by atoms with Crippen LogP contribution >= 0.6 is 0 Å². The molecule has 1 aliphatic rings. The fourth-order valence-corrected chi connectivity index (χ4v) is 5.19. The molecule has 1 heterocycles. The van der Waals surface area contributed by atoms with Crippen molar-refractivity contribution < 1.29 is 26.5 Å². The van der Waals surface area contributed by atoms with Crippen LogP contribution in [0.25, 0.3) is 21.6 Å². The Kier molecular flexibility index (Phi) is 8.36. The van der Waals surface area contributed by atoms with Crippen LogP contribution in [0.4, 0.5) is 0 Å². The Labute approximate surface area is 192 Å². The normalized spacial score (nSPS) is 12.9. The van der Waals surface area contributed by atoms with E-state index in [4.69, 9.17) is 4.74 Å². The SMILES string of the molecule is COc1ccc2c3c(n(-c4ccccc4)c2c1)C[CH-]C3.C[Si](C)[N-]C(C)(C)C.[Ti+2]. The van der Waals surface area contributed by atoms with Gasteiger partial charge in [-0.2, -0.15) is 6.42 Å². The first-order chi connectivity index (χ1) is 13.3. The van der Waals surface area contributed by atoms with Gasteiger partial charge in [-0.05, 0) is 30.0 Å². The summed E-state index contributed by atoms with van der Waals surface area (Å²) in [4.78, 5) is 4.51. The van der Waals surface area contributed by atoms with E-state index in [-0.39, 0.29) is 36.2 Å². The maximum atomic E-state index is 5.39. The van der Waals surface area contributed by atoms with Crippen molar-refractivity contribution >= 4 is 19.9 Å². The van der Waals surface area contributed by atoms with Crippen molar-refractivity contribution in [3.05, 3.63) is 71.2 Å². The number of benzene rings is 2. The Bertz CT molecular complexity index is 929. The topological polar surface area (TPSA) is 28.3 Å². The maximum Gasteiger partial charge on any atom is 2.00 e. The van der Waals surface area contributed by atoms with Crippen molar-refractivity contribution in [1.29, 1.82) is 0 Å². The van der Waals surface area contributed by atoms with Gasteiger partial charge in [0, 0.05) is 17.1 Å². The molecule has 0 saturated carbocycles.